The monoisotopic (exact) mass is 186 g/mol. The van der Waals surface area contributed by atoms with Crippen molar-refractivity contribution in [2.45, 2.75) is 26.0 Å². The quantitative estimate of drug-likeness (QED) is 0.599. The molecule has 1 aliphatic heterocycles. The van der Waals surface area contributed by atoms with Crippen LogP contribution in [0.2, 0.25) is 0 Å². The van der Waals surface area contributed by atoms with Crippen molar-refractivity contribution in [1.82, 2.24) is 9.80 Å². The van der Waals surface area contributed by atoms with Crippen LogP contribution in [-0.4, -0.2) is 52.6 Å². The first-order valence-electron chi connectivity index (χ1n) is 4.21. The molecule has 0 bridgehead atoms. The summed E-state index contributed by atoms with van der Waals surface area (Å²) in [6.45, 7) is 3.29. The second-order valence-electron chi connectivity index (χ2n) is 3.37. The van der Waals surface area contributed by atoms with Gasteiger partial charge in [0.05, 0.1) is 12.6 Å². The van der Waals surface area contributed by atoms with E-state index in [0.717, 1.165) is 4.90 Å². The molecule has 1 rings (SSSR count). The molecule has 2 atom stereocenters. The SMILES string of the molecule is CC(O)CN1C(=O)C(C)N(C)C1=O. The van der Waals surface area contributed by atoms with E-state index in [4.69, 9.17) is 5.11 Å². The first kappa shape index (κ1) is 9.98. The first-order chi connectivity index (χ1) is 5.95. The molecule has 5 heteroatoms. The van der Waals surface area contributed by atoms with E-state index in [1.54, 1.807) is 20.9 Å². The molecule has 0 radical (unpaired) electrons. The van der Waals surface area contributed by atoms with Crippen LogP contribution >= 0.6 is 0 Å². The smallest absolute Gasteiger partial charge is 0.327 e. The molecule has 1 aliphatic rings. The molecule has 0 aromatic rings. The summed E-state index contributed by atoms with van der Waals surface area (Å²) in [4.78, 5) is 25.2. The second kappa shape index (κ2) is 3.33. The van der Waals surface area contributed by atoms with Crippen LogP contribution < -0.4 is 0 Å². The van der Waals surface area contributed by atoms with Crippen molar-refractivity contribution < 1.29 is 14.7 Å². The molecule has 0 aromatic carbocycles. The van der Waals surface area contributed by atoms with Gasteiger partial charge in [0, 0.05) is 7.05 Å². The number of imide groups is 1. The highest BCUT2D eigenvalue weighted by atomic mass is 16.3. The highest BCUT2D eigenvalue weighted by Crippen LogP contribution is 2.14. The molecule has 13 heavy (non-hydrogen) atoms. The van der Waals surface area contributed by atoms with E-state index in [2.05, 4.69) is 0 Å². The van der Waals surface area contributed by atoms with Gasteiger partial charge in [0.2, 0.25) is 0 Å². The molecule has 3 amide bonds. The summed E-state index contributed by atoms with van der Waals surface area (Å²) in [5.41, 5.74) is 0. The second-order valence-corrected chi connectivity index (χ2v) is 3.37. The first-order valence-corrected chi connectivity index (χ1v) is 4.21. The van der Waals surface area contributed by atoms with Crippen LogP contribution in [-0.2, 0) is 4.79 Å². The Balaban J connectivity index is 2.76. The Labute approximate surface area is 76.9 Å². The van der Waals surface area contributed by atoms with Gasteiger partial charge in [-0.25, -0.2) is 4.79 Å². The molecule has 1 heterocycles. The minimum absolute atomic E-state index is 0.0757. The van der Waals surface area contributed by atoms with Gasteiger partial charge in [0.1, 0.15) is 6.04 Å². The van der Waals surface area contributed by atoms with Gasteiger partial charge in [-0.2, -0.15) is 0 Å². The highest BCUT2D eigenvalue weighted by molar-refractivity contribution is 6.03. The molecular weight excluding hydrogens is 172 g/mol. The zero-order chi connectivity index (χ0) is 10.2. The third-order valence-electron chi connectivity index (χ3n) is 2.18. The van der Waals surface area contributed by atoms with Crippen LogP contribution in [0.5, 0.6) is 0 Å². The summed E-state index contributed by atoms with van der Waals surface area (Å²) < 4.78 is 0. The lowest BCUT2D eigenvalue weighted by Crippen LogP contribution is -2.37. The van der Waals surface area contributed by atoms with E-state index in [9.17, 15) is 9.59 Å². The maximum Gasteiger partial charge on any atom is 0.327 e. The van der Waals surface area contributed by atoms with E-state index < -0.39 is 12.1 Å². The third kappa shape index (κ3) is 1.65. The van der Waals surface area contributed by atoms with Crippen LogP contribution in [0, 0.1) is 0 Å². The van der Waals surface area contributed by atoms with E-state index in [0.29, 0.717) is 0 Å². The minimum atomic E-state index is -0.674. The standard InChI is InChI=1S/C8H14N2O3/c1-5(11)4-10-7(12)6(2)9(3)8(10)13/h5-6,11H,4H2,1-3H3. The van der Waals surface area contributed by atoms with Crippen LogP contribution in [0.3, 0.4) is 0 Å². The average molecular weight is 186 g/mol. The predicted molar refractivity (Wildman–Crippen MR) is 46.0 cm³/mol. The molecule has 1 saturated heterocycles. The Morgan fingerprint density at radius 3 is 2.38 bits per heavy atom. The summed E-state index contributed by atoms with van der Waals surface area (Å²) in [5, 5.41) is 9.06. The van der Waals surface area contributed by atoms with Crippen molar-refractivity contribution >= 4 is 11.9 Å². The van der Waals surface area contributed by atoms with Crippen LogP contribution in [0.1, 0.15) is 13.8 Å². The number of carbonyl (C=O) groups excluding carboxylic acids is 2. The van der Waals surface area contributed by atoms with E-state index in [-0.39, 0.29) is 18.5 Å². The number of likely N-dealkylation sites (N-methyl/N-ethyl adjacent to an activating group) is 1. The number of hydrogen-bond donors (Lipinski definition) is 1. The maximum atomic E-state index is 11.4. The summed E-state index contributed by atoms with van der Waals surface area (Å²) >= 11 is 0. The van der Waals surface area contributed by atoms with Crippen molar-refractivity contribution in [3.63, 3.8) is 0 Å². The van der Waals surface area contributed by atoms with Gasteiger partial charge in [0.25, 0.3) is 5.91 Å². The molecule has 5 nitrogen and oxygen atoms in total. The number of amides is 3. The van der Waals surface area contributed by atoms with E-state index >= 15 is 0 Å². The van der Waals surface area contributed by atoms with Gasteiger partial charge in [-0.3, -0.25) is 9.69 Å². The topological polar surface area (TPSA) is 60.9 Å². The van der Waals surface area contributed by atoms with Gasteiger partial charge < -0.3 is 10.0 Å². The number of rotatable bonds is 2. The van der Waals surface area contributed by atoms with Gasteiger partial charge in [-0.05, 0) is 13.8 Å². The molecule has 0 spiro atoms. The van der Waals surface area contributed by atoms with Gasteiger partial charge in [-0.15, -0.1) is 0 Å². The van der Waals surface area contributed by atoms with Crippen LogP contribution in [0.25, 0.3) is 0 Å². The molecule has 1 fully saturated rings. The summed E-state index contributed by atoms with van der Waals surface area (Å²) in [6, 6.07) is -0.746. The molecule has 74 valence electrons. The largest absolute Gasteiger partial charge is 0.392 e. The lowest BCUT2D eigenvalue weighted by Gasteiger charge is -2.15. The Kier molecular flexibility index (Phi) is 2.56. The predicted octanol–water partition coefficient (Wildman–Crippen LogP) is -0.350. The van der Waals surface area contributed by atoms with Crippen molar-refractivity contribution in [3.8, 4) is 0 Å². The van der Waals surface area contributed by atoms with Crippen molar-refractivity contribution in [1.29, 1.82) is 0 Å². The van der Waals surface area contributed by atoms with E-state index in [1.165, 1.54) is 4.90 Å². The number of carbonyl (C=O) groups is 2. The van der Waals surface area contributed by atoms with Gasteiger partial charge >= 0.3 is 6.03 Å². The van der Waals surface area contributed by atoms with Crippen molar-refractivity contribution in [2.24, 2.45) is 0 Å². The molecule has 1 N–H and O–H groups in total. The number of β-amino-alcohol motifs (C(OH)–C–C–N with tert-alkyl or cyclic N) is 1. The zero-order valence-electron chi connectivity index (χ0n) is 8.02. The van der Waals surface area contributed by atoms with Crippen LogP contribution in [0.4, 0.5) is 4.79 Å². The number of hydrogen-bond acceptors (Lipinski definition) is 3. The van der Waals surface area contributed by atoms with Crippen LogP contribution in [0.15, 0.2) is 0 Å². The molecule has 0 saturated carbocycles. The number of aliphatic hydroxyl groups excluding tert-OH is 1. The zero-order valence-corrected chi connectivity index (χ0v) is 8.02. The van der Waals surface area contributed by atoms with Crippen molar-refractivity contribution in [2.75, 3.05) is 13.6 Å². The Morgan fingerprint density at radius 2 is 2.08 bits per heavy atom. The maximum absolute atomic E-state index is 11.4. The lowest BCUT2D eigenvalue weighted by atomic mass is 10.3. The average Bonchev–Trinajstić information content (AvgIpc) is 2.22. The Hall–Kier alpha value is -1.10. The van der Waals surface area contributed by atoms with Crippen molar-refractivity contribution in [3.05, 3.63) is 0 Å². The molecule has 0 aliphatic carbocycles. The fraction of sp³-hybridized carbons (Fsp3) is 0.750. The highest BCUT2D eigenvalue weighted by Gasteiger charge is 2.40. The molecular formula is C8H14N2O3. The summed E-state index contributed by atoms with van der Waals surface area (Å²) in [6.07, 6.45) is -0.674. The third-order valence-corrected chi connectivity index (χ3v) is 2.18. The summed E-state index contributed by atoms with van der Waals surface area (Å²) in [5.74, 6) is -0.242. The fourth-order valence-corrected chi connectivity index (χ4v) is 1.27. The van der Waals surface area contributed by atoms with E-state index in [1.807, 2.05) is 0 Å². The number of urea groups is 1. The Bertz CT molecular complexity index is 220. The number of aliphatic hydroxyl groups is 1. The normalized spacial score (nSPS) is 25.7. The lowest BCUT2D eigenvalue weighted by molar-refractivity contribution is -0.128. The molecule has 2 unspecified atom stereocenters. The number of nitrogens with zero attached hydrogens (tertiary/aromatic N) is 2. The molecule has 0 aromatic heterocycles. The summed E-state index contributed by atoms with van der Waals surface area (Å²) in [7, 11) is 1.58. The van der Waals surface area contributed by atoms with Gasteiger partial charge in [0.15, 0.2) is 0 Å². The van der Waals surface area contributed by atoms with Gasteiger partial charge in [-0.1, -0.05) is 0 Å². The Morgan fingerprint density at radius 1 is 1.54 bits per heavy atom. The minimum Gasteiger partial charge on any atom is -0.392 e. The fourth-order valence-electron chi connectivity index (χ4n) is 1.27.